The highest BCUT2D eigenvalue weighted by molar-refractivity contribution is 5.67. The van der Waals surface area contributed by atoms with E-state index in [1.165, 1.54) is 13.2 Å². The van der Waals surface area contributed by atoms with Gasteiger partial charge in [-0.05, 0) is 6.07 Å². The van der Waals surface area contributed by atoms with Crippen molar-refractivity contribution in [2.75, 3.05) is 7.11 Å². The van der Waals surface area contributed by atoms with E-state index in [1.807, 2.05) is 0 Å². The molecule has 0 bridgehead atoms. The standard InChI is InChI=1S/C10H10F2O3/c1-15-9(5-10(13)14)7-3-2-6(11)4-8(7)12/h2-4,9H,5H2,1H3,(H,13,14). The van der Waals surface area contributed by atoms with Crippen LogP contribution in [0.15, 0.2) is 18.2 Å². The molecule has 82 valence electrons. The Labute approximate surface area is 85.3 Å². The topological polar surface area (TPSA) is 46.5 Å². The molecule has 0 aromatic heterocycles. The Morgan fingerprint density at radius 1 is 1.53 bits per heavy atom. The highest BCUT2D eigenvalue weighted by Gasteiger charge is 2.18. The Bertz CT molecular complexity index is 366. The number of hydrogen-bond donors (Lipinski definition) is 1. The molecular formula is C10H10F2O3. The monoisotopic (exact) mass is 216 g/mol. The van der Waals surface area contributed by atoms with Crippen LogP contribution in [0.3, 0.4) is 0 Å². The molecule has 15 heavy (non-hydrogen) atoms. The summed E-state index contributed by atoms with van der Waals surface area (Å²) >= 11 is 0. The fourth-order valence-electron chi connectivity index (χ4n) is 1.24. The van der Waals surface area contributed by atoms with Crippen molar-refractivity contribution in [3.63, 3.8) is 0 Å². The summed E-state index contributed by atoms with van der Waals surface area (Å²) in [6.45, 7) is 0. The minimum absolute atomic E-state index is 0.0429. The van der Waals surface area contributed by atoms with Gasteiger partial charge in [-0.25, -0.2) is 8.78 Å². The molecule has 1 N–H and O–H groups in total. The molecular weight excluding hydrogens is 206 g/mol. The van der Waals surface area contributed by atoms with E-state index in [0.717, 1.165) is 6.07 Å². The molecule has 0 fully saturated rings. The maximum atomic E-state index is 13.2. The van der Waals surface area contributed by atoms with Crippen LogP contribution in [0.4, 0.5) is 8.78 Å². The van der Waals surface area contributed by atoms with Crippen LogP contribution in [0.25, 0.3) is 0 Å². The Morgan fingerprint density at radius 2 is 2.20 bits per heavy atom. The van der Waals surface area contributed by atoms with E-state index < -0.39 is 23.7 Å². The van der Waals surface area contributed by atoms with Crippen LogP contribution < -0.4 is 0 Å². The van der Waals surface area contributed by atoms with Crippen molar-refractivity contribution in [2.24, 2.45) is 0 Å². The molecule has 0 aliphatic carbocycles. The third-order valence-corrected chi connectivity index (χ3v) is 1.95. The molecule has 0 saturated carbocycles. The molecule has 0 heterocycles. The van der Waals surface area contributed by atoms with Crippen molar-refractivity contribution in [1.82, 2.24) is 0 Å². The lowest BCUT2D eigenvalue weighted by Gasteiger charge is -2.13. The normalized spacial score (nSPS) is 12.5. The van der Waals surface area contributed by atoms with E-state index in [4.69, 9.17) is 9.84 Å². The van der Waals surface area contributed by atoms with Gasteiger partial charge in [-0.2, -0.15) is 0 Å². The Morgan fingerprint density at radius 3 is 2.67 bits per heavy atom. The lowest BCUT2D eigenvalue weighted by Crippen LogP contribution is -2.10. The van der Waals surface area contributed by atoms with Gasteiger partial charge in [0, 0.05) is 18.7 Å². The highest BCUT2D eigenvalue weighted by Crippen LogP contribution is 2.23. The van der Waals surface area contributed by atoms with E-state index in [2.05, 4.69) is 0 Å². The van der Waals surface area contributed by atoms with Crippen LogP contribution in [-0.2, 0) is 9.53 Å². The van der Waals surface area contributed by atoms with Crippen LogP contribution in [0.5, 0.6) is 0 Å². The number of methoxy groups -OCH3 is 1. The van der Waals surface area contributed by atoms with Gasteiger partial charge in [0.05, 0.1) is 12.5 Å². The largest absolute Gasteiger partial charge is 0.481 e. The number of benzene rings is 1. The summed E-state index contributed by atoms with van der Waals surface area (Å²) in [5, 5.41) is 8.55. The zero-order chi connectivity index (χ0) is 11.4. The van der Waals surface area contributed by atoms with Crippen LogP contribution >= 0.6 is 0 Å². The maximum Gasteiger partial charge on any atom is 0.306 e. The second-order valence-corrected chi connectivity index (χ2v) is 2.99. The summed E-state index contributed by atoms with van der Waals surface area (Å²) < 4.78 is 30.6. The molecule has 1 rings (SSSR count). The Hall–Kier alpha value is -1.49. The van der Waals surface area contributed by atoms with Gasteiger partial charge in [-0.1, -0.05) is 6.07 Å². The van der Waals surface area contributed by atoms with Crippen molar-refractivity contribution < 1.29 is 23.4 Å². The summed E-state index contributed by atoms with van der Waals surface area (Å²) in [6.07, 6.45) is -1.26. The average Bonchev–Trinajstić information content (AvgIpc) is 2.14. The molecule has 1 aromatic rings. The van der Waals surface area contributed by atoms with Gasteiger partial charge in [-0.15, -0.1) is 0 Å². The van der Waals surface area contributed by atoms with Gasteiger partial charge in [0.25, 0.3) is 0 Å². The first-order valence-corrected chi connectivity index (χ1v) is 4.24. The van der Waals surface area contributed by atoms with Crippen molar-refractivity contribution >= 4 is 5.97 Å². The van der Waals surface area contributed by atoms with Gasteiger partial charge < -0.3 is 9.84 Å². The van der Waals surface area contributed by atoms with Crippen molar-refractivity contribution in [2.45, 2.75) is 12.5 Å². The van der Waals surface area contributed by atoms with E-state index in [0.29, 0.717) is 6.07 Å². The van der Waals surface area contributed by atoms with Gasteiger partial charge in [0.2, 0.25) is 0 Å². The average molecular weight is 216 g/mol. The summed E-state index contributed by atoms with van der Waals surface area (Å²) in [5.74, 6) is -2.62. The number of aliphatic carboxylic acids is 1. The van der Waals surface area contributed by atoms with E-state index >= 15 is 0 Å². The minimum atomic E-state index is -1.11. The number of ether oxygens (including phenoxy) is 1. The van der Waals surface area contributed by atoms with Gasteiger partial charge in [0.1, 0.15) is 11.6 Å². The van der Waals surface area contributed by atoms with Crippen molar-refractivity contribution in [1.29, 1.82) is 0 Å². The predicted octanol–water partition coefficient (Wildman–Crippen LogP) is 2.13. The third-order valence-electron chi connectivity index (χ3n) is 1.95. The number of halogens is 2. The number of hydrogen-bond acceptors (Lipinski definition) is 2. The van der Waals surface area contributed by atoms with E-state index in [9.17, 15) is 13.6 Å². The van der Waals surface area contributed by atoms with Crippen molar-refractivity contribution in [3.05, 3.63) is 35.4 Å². The molecule has 0 radical (unpaired) electrons. The quantitative estimate of drug-likeness (QED) is 0.838. The van der Waals surface area contributed by atoms with Gasteiger partial charge >= 0.3 is 5.97 Å². The number of carboxylic acids is 1. The number of carboxylic acid groups (broad SMARTS) is 1. The first-order chi connectivity index (χ1) is 7.04. The maximum absolute atomic E-state index is 13.2. The summed E-state index contributed by atoms with van der Waals surface area (Å²) in [6, 6.07) is 2.94. The SMILES string of the molecule is COC(CC(=O)O)c1ccc(F)cc1F. The minimum Gasteiger partial charge on any atom is -0.481 e. The van der Waals surface area contributed by atoms with E-state index in [-0.39, 0.29) is 12.0 Å². The molecule has 0 amide bonds. The molecule has 5 heteroatoms. The number of rotatable bonds is 4. The molecule has 1 atom stereocenters. The smallest absolute Gasteiger partial charge is 0.306 e. The lowest BCUT2D eigenvalue weighted by atomic mass is 10.1. The first-order valence-electron chi connectivity index (χ1n) is 4.24. The summed E-state index contributed by atoms with van der Waals surface area (Å²) in [7, 11) is 1.27. The van der Waals surface area contributed by atoms with E-state index in [1.54, 1.807) is 0 Å². The van der Waals surface area contributed by atoms with Crippen LogP contribution in [-0.4, -0.2) is 18.2 Å². The van der Waals surface area contributed by atoms with Crippen LogP contribution in [0, 0.1) is 11.6 Å². The fourth-order valence-corrected chi connectivity index (χ4v) is 1.24. The molecule has 1 unspecified atom stereocenters. The van der Waals surface area contributed by atoms with Gasteiger partial charge in [0.15, 0.2) is 0 Å². The first kappa shape index (κ1) is 11.6. The predicted molar refractivity (Wildman–Crippen MR) is 48.4 cm³/mol. The number of carbonyl (C=O) groups is 1. The lowest BCUT2D eigenvalue weighted by molar-refractivity contribution is -0.139. The molecule has 1 aromatic carbocycles. The molecule has 3 nitrogen and oxygen atoms in total. The summed E-state index contributed by atoms with van der Waals surface area (Å²) in [5.41, 5.74) is 0.0429. The van der Waals surface area contributed by atoms with Crippen LogP contribution in [0.2, 0.25) is 0 Å². The highest BCUT2D eigenvalue weighted by atomic mass is 19.1. The zero-order valence-corrected chi connectivity index (χ0v) is 8.04. The Balaban J connectivity index is 2.96. The molecule has 0 aliphatic heterocycles. The zero-order valence-electron chi connectivity index (χ0n) is 8.04. The second-order valence-electron chi connectivity index (χ2n) is 2.99. The molecule has 0 spiro atoms. The molecule has 0 aliphatic rings. The van der Waals surface area contributed by atoms with Crippen LogP contribution in [0.1, 0.15) is 18.1 Å². The van der Waals surface area contributed by atoms with Gasteiger partial charge in [-0.3, -0.25) is 4.79 Å². The molecule has 0 saturated heterocycles. The third kappa shape index (κ3) is 2.99. The summed E-state index contributed by atoms with van der Waals surface area (Å²) in [4.78, 5) is 10.4. The van der Waals surface area contributed by atoms with Crippen molar-refractivity contribution in [3.8, 4) is 0 Å². The second kappa shape index (κ2) is 4.84. The fraction of sp³-hybridized carbons (Fsp3) is 0.300. The Kier molecular flexibility index (Phi) is 3.74.